The minimum Gasteiger partial charge on any atom is -0.476 e. The molecule has 0 saturated heterocycles. The van der Waals surface area contributed by atoms with Crippen LogP contribution in [0.5, 0.6) is 5.88 Å². The van der Waals surface area contributed by atoms with Crippen LogP contribution in [-0.2, 0) is 6.42 Å². The van der Waals surface area contributed by atoms with Gasteiger partial charge in [0.1, 0.15) is 5.82 Å². The molecule has 0 amide bonds. The Balaban J connectivity index is 1.76. The zero-order valence-electron chi connectivity index (χ0n) is 16.1. The highest BCUT2D eigenvalue weighted by Crippen LogP contribution is 2.30. The number of ether oxygens (including phenoxy) is 1. The third kappa shape index (κ3) is 4.36. The molecule has 0 aliphatic rings. The maximum atomic E-state index is 6.13. The van der Waals surface area contributed by atoms with E-state index in [9.17, 15) is 0 Å². The van der Waals surface area contributed by atoms with E-state index in [0.717, 1.165) is 23.1 Å². The molecule has 0 bridgehead atoms. The summed E-state index contributed by atoms with van der Waals surface area (Å²) in [4.78, 5) is 13.7. The van der Waals surface area contributed by atoms with Gasteiger partial charge in [-0.15, -0.1) is 0 Å². The van der Waals surface area contributed by atoms with Crippen LogP contribution in [0, 0.1) is 6.92 Å². The highest BCUT2D eigenvalue weighted by Gasteiger charge is 2.18. The van der Waals surface area contributed by atoms with E-state index in [2.05, 4.69) is 15.0 Å². The van der Waals surface area contributed by atoms with Crippen LogP contribution in [0.25, 0.3) is 22.7 Å². The van der Waals surface area contributed by atoms with E-state index in [-0.39, 0.29) is 0 Å². The highest BCUT2D eigenvalue weighted by atomic mass is 35.5. The zero-order valence-corrected chi connectivity index (χ0v) is 17.6. The molecule has 0 N–H and O–H groups in total. The Morgan fingerprint density at radius 3 is 2.62 bits per heavy atom. The first-order valence-corrected chi connectivity index (χ1v) is 10.1. The summed E-state index contributed by atoms with van der Waals surface area (Å²) in [6.07, 6.45) is 1.33. The van der Waals surface area contributed by atoms with E-state index in [0.29, 0.717) is 51.9 Å². The van der Waals surface area contributed by atoms with Gasteiger partial charge in [0.25, 0.3) is 5.71 Å². The van der Waals surface area contributed by atoms with Crippen molar-refractivity contribution in [2.24, 2.45) is 0 Å². The van der Waals surface area contributed by atoms with Gasteiger partial charge in [-0.1, -0.05) is 53.9 Å². The Labute approximate surface area is 178 Å². The van der Waals surface area contributed by atoms with Gasteiger partial charge >= 0.3 is 0 Å². The van der Waals surface area contributed by atoms with Crippen molar-refractivity contribution in [2.75, 3.05) is 6.61 Å². The van der Waals surface area contributed by atoms with E-state index >= 15 is 0 Å². The molecule has 4 rings (SSSR count). The molecule has 0 aliphatic heterocycles. The lowest BCUT2D eigenvalue weighted by molar-refractivity contribution is 0.307. The number of aromatic nitrogens is 3. The first-order chi connectivity index (χ1) is 14.0. The molecule has 0 fully saturated rings. The molecule has 0 aliphatic carbocycles. The Bertz CT molecular complexity index is 1170. The molecule has 148 valence electrons. The van der Waals surface area contributed by atoms with Gasteiger partial charge in [-0.3, -0.25) is 0 Å². The molecular weight excluding hydrogens is 409 g/mol. The van der Waals surface area contributed by atoms with Crippen LogP contribution in [0.15, 0.2) is 46.9 Å². The number of oxazole rings is 1. The molecule has 2 heterocycles. The summed E-state index contributed by atoms with van der Waals surface area (Å²) in [5, 5.41) is 1.01. The van der Waals surface area contributed by atoms with E-state index in [1.54, 1.807) is 6.07 Å². The van der Waals surface area contributed by atoms with Crippen molar-refractivity contribution in [3.63, 3.8) is 0 Å². The third-order valence-electron chi connectivity index (χ3n) is 4.33. The number of nitrogens with zero attached hydrogens (tertiary/aromatic N) is 3. The van der Waals surface area contributed by atoms with Crippen molar-refractivity contribution in [1.82, 2.24) is 15.0 Å². The Hall–Kier alpha value is -2.63. The van der Waals surface area contributed by atoms with Crippen LogP contribution in [0.4, 0.5) is 0 Å². The second kappa shape index (κ2) is 8.39. The maximum Gasteiger partial charge on any atom is 0.254 e. The fraction of sp³-hybridized carbons (Fsp3) is 0.227. The molecule has 29 heavy (non-hydrogen) atoms. The highest BCUT2D eigenvalue weighted by molar-refractivity contribution is 6.42. The number of halogens is 2. The maximum absolute atomic E-state index is 6.13. The van der Waals surface area contributed by atoms with Gasteiger partial charge in [0.05, 0.1) is 16.7 Å². The molecule has 0 saturated carbocycles. The summed E-state index contributed by atoms with van der Waals surface area (Å²) in [6, 6.07) is 13.4. The molecule has 4 aromatic rings. The Morgan fingerprint density at radius 2 is 1.86 bits per heavy atom. The van der Waals surface area contributed by atoms with Gasteiger partial charge in [-0.25, -0.2) is 4.98 Å². The summed E-state index contributed by atoms with van der Waals surface area (Å²) in [6.45, 7) is 4.60. The minimum atomic E-state index is 0.401. The molecule has 0 unspecified atom stereocenters. The average molecular weight is 428 g/mol. The second-order valence-corrected chi connectivity index (χ2v) is 7.58. The summed E-state index contributed by atoms with van der Waals surface area (Å²) in [5.41, 5.74) is 3.87. The quantitative estimate of drug-likeness (QED) is 0.362. The molecule has 0 atom stereocenters. The van der Waals surface area contributed by atoms with E-state index in [4.69, 9.17) is 32.4 Å². The van der Waals surface area contributed by atoms with E-state index in [1.165, 1.54) is 0 Å². The molecule has 2 aromatic carbocycles. The second-order valence-electron chi connectivity index (χ2n) is 6.76. The van der Waals surface area contributed by atoms with Crippen molar-refractivity contribution in [3.05, 3.63) is 69.5 Å². The van der Waals surface area contributed by atoms with Crippen molar-refractivity contribution >= 4 is 34.4 Å². The fourth-order valence-corrected chi connectivity index (χ4v) is 3.27. The lowest BCUT2D eigenvalue weighted by Gasteiger charge is -2.06. The normalized spacial score (nSPS) is 11.2. The first kappa shape index (κ1) is 19.7. The van der Waals surface area contributed by atoms with E-state index in [1.807, 2.05) is 50.2 Å². The number of aryl methyl sites for hydroxylation is 1. The summed E-state index contributed by atoms with van der Waals surface area (Å²) in [7, 11) is 0. The number of hydrogen-bond acceptors (Lipinski definition) is 5. The molecule has 0 radical (unpaired) electrons. The predicted molar refractivity (Wildman–Crippen MR) is 115 cm³/mol. The van der Waals surface area contributed by atoms with Crippen molar-refractivity contribution in [2.45, 2.75) is 26.7 Å². The SMILES string of the molecule is CCCOc1nc(Cc2ccc(Cl)c(Cl)c2)nc2oc(-c3cccc(C)c3)nc12. The number of benzene rings is 2. The largest absolute Gasteiger partial charge is 0.476 e. The van der Waals surface area contributed by atoms with Gasteiger partial charge < -0.3 is 9.15 Å². The molecule has 7 heteroatoms. The Kier molecular flexibility index (Phi) is 5.69. The molecular formula is C22H19Cl2N3O2. The monoisotopic (exact) mass is 427 g/mol. The Morgan fingerprint density at radius 1 is 1.00 bits per heavy atom. The van der Waals surface area contributed by atoms with Crippen LogP contribution in [-0.4, -0.2) is 21.6 Å². The lowest BCUT2D eigenvalue weighted by Crippen LogP contribution is -2.03. The minimum absolute atomic E-state index is 0.401. The molecule has 2 aromatic heterocycles. The fourth-order valence-electron chi connectivity index (χ4n) is 2.95. The summed E-state index contributed by atoms with van der Waals surface area (Å²) < 4.78 is 11.8. The van der Waals surface area contributed by atoms with Gasteiger partial charge in [-0.2, -0.15) is 9.97 Å². The smallest absolute Gasteiger partial charge is 0.254 e. The summed E-state index contributed by atoms with van der Waals surface area (Å²) >= 11 is 12.1. The van der Waals surface area contributed by atoms with Crippen LogP contribution < -0.4 is 4.74 Å². The third-order valence-corrected chi connectivity index (χ3v) is 5.07. The molecule has 0 spiro atoms. The predicted octanol–water partition coefficient (Wildman–Crippen LogP) is 6.28. The summed E-state index contributed by atoms with van der Waals surface area (Å²) in [5.74, 6) is 1.48. The van der Waals surface area contributed by atoms with Gasteiger partial charge in [0.2, 0.25) is 11.8 Å². The van der Waals surface area contributed by atoms with Crippen LogP contribution in [0.2, 0.25) is 10.0 Å². The topological polar surface area (TPSA) is 61.0 Å². The zero-order chi connectivity index (χ0) is 20.4. The van der Waals surface area contributed by atoms with Crippen LogP contribution in [0.3, 0.4) is 0 Å². The lowest BCUT2D eigenvalue weighted by atomic mass is 10.1. The molecule has 5 nitrogen and oxygen atoms in total. The first-order valence-electron chi connectivity index (χ1n) is 9.34. The van der Waals surface area contributed by atoms with Crippen molar-refractivity contribution < 1.29 is 9.15 Å². The van der Waals surface area contributed by atoms with Crippen molar-refractivity contribution in [1.29, 1.82) is 0 Å². The number of hydrogen-bond donors (Lipinski definition) is 0. The number of rotatable bonds is 6. The average Bonchev–Trinajstić information content (AvgIpc) is 3.13. The van der Waals surface area contributed by atoms with Gasteiger partial charge in [0, 0.05) is 12.0 Å². The van der Waals surface area contributed by atoms with Crippen molar-refractivity contribution in [3.8, 4) is 17.3 Å². The van der Waals surface area contributed by atoms with E-state index < -0.39 is 0 Å². The van der Waals surface area contributed by atoms with Crippen LogP contribution in [0.1, 0.15) is 30.3 Å². The van der Waals surface area contributed by atoms with Gasteiger partial charge in [0.15, 0.2) is 5.52 Å². The number of fused-ring (bicyclic) bond motifs is 1. The standard InChI is InChI=1S/C22H19Cl2N3O2/c1-3-9-28-21-19-22(29-20(27-19)15-6-4-5-13(2)10-15)26-18(25-21)12-14-7-8-16(23)17(24)11-14/h4-8,10-11H,3,9,12H2,1-2H3. The van der Waals surface area contributed by atoms with Gasteiger partial charge in [-0.05, 0) is 43.2 Å². The van der Waals surface area contributed by atoms with Crippen LogP contribution >= 0.6 is 23.2 Å².